The average Bonchev–Trinajstić information content (AvgIpc) is 3.67. The van der Waals surface area contributed by atoms with Gasteiger partial charge < -0.3 is 9.80 Å². The van der Waals surface area contributed by atoms with Crippen LogP contribution < -0.4 is 26.2 Å². The molecule has 6 aromatic carbocycles. The summed E-state index contributed by atoms with van der Waals surface area (Å²) in [4.78, 5) is 5.49. The van der Waals surface area contributed by atoms with Crippen LogP contribution in [0.3, 0.4) is 0 Å². The van der Waals surface area contributed by atoms with Gasteiger partial charge >= 0.3 is 0 Å². The number of hydrogen-bond donors (Lipinski definition) is 0. The van der Waals surface area contributed by atoms with Gasteiger partial charge in [-0.05, 0) is 203 Å². The first-order chi connectivity index (χ1) is 33.4. The minimum Gasteiger partial charge on any atom is -0.311 e. The second-order valence-electron chi connectivity index (χ2n) is 29.5. The zero-order valence-electron chi connectivity index (χ0n) is 47.3. The van der Waals surface area contributed by atoms with Crippen molar-refractivity contribution >= 4 is 88.7 Å². The highest BCUT2D eigenvalue weighted by atomic mass is 32.1. The van der Waals surface area contributed by atoms with Crippen LogP contribution in [0.5, 0.6) is 0 Å². The van der Waals surface area contributed by atoms with Crippen LogP contribution in [0.2, 0.25) is 0 Å². The Labute approximate surface area is 438 Å². The molecule has 2 aliphatic heterocycles. The van der Waals surface area contributed by atoms with Crippen LogP contribution >= 0.6 is 11.3 Å². The van der Waals surface area contributed by atoms with Crippen LogP contribution in [-0.2, 0) is 43.3 Å². The summed E-state index contributed by atoms with van der Waals surface area (Å²) < 4.78 is 2.72. The Morgan fingerprint density at radius 3 is 1.26 bits per heavy atom. The number of benzene rings is 6. The summed E-state index contributed by atoms with van der Waals surface area (Å²) in [6, 6.07) is 38.4. The molecule has 12 rings (SSSR count). The van der Waals surface area contributed by atoms with Crippen LogP contribution in [0, 0.1) is 0 Å². The first kappa shape index (κ1) is 48.2. The summed E-state index contributed by atoms with van der Waals surface area (Å²) in [6.07, 6.45) is 7.12. The van der Waals surface area contributed by atoms with Crippen molar-refractivity contribution in [1.29, 1.82) is 0 Å². The van der Waals surface area contributed by atoms with Gasteiger partial charge in [0.05, 0.1) is 0 Å². The van der Waals surface area contributed by atoms with Crippen molar-refractivity contribution in [2.24, 2.45) is 0 Å². The van der Waals surface area contributed by atoms with Crippen molar-refractivity contribution in [2.45, 2.75) is 206 Å². The van der Waals surface area contributed by atoms with E-state index in [-0.39, 0.29) is 50.0 Å². The molecule has 5 aliphatic rings. The van der Waals surface area contributed by atoms with Gasteiger partial charge in [0.15, 0.2) is 0 Å². The lowest BCUT2D eigenvalue weighted by atomic mass is 9.32. The summed E-state index contributed by atoms with van der Waals surface area (Å²) in [7, 11) is 0. The first-order valence-electron chi connectivity index (χ1n) is 27.7. The van der Waals surface area contributed by atoms with Crippen molar-refractivity contribution in [3.8, 4) is 0 Å². The van der Waals surface area contributed by atoms with Crippen LogP contribution in [0.4, 0.5) is 34.1 Å². The monoisotopic (exact) mass is 969 g/mol. The van der Waals surface area contributed by atoms with Crippen molar-refractivity contribution in [2.75, 3.05) is 9.80 Å². The maximum Gasteiger partial charge on any atom is 0.252 e. The lowest BCUT2D eigenvalue weighted by molar-refractivity contribution is 0.332. The third-order valence-electron chi connectivity index (χ3n) is 19.6. The fourth-order valence-corrected chi connectivity index (χ4v) is 15.3. The van der Waals surface area contributed by atoms with Gasteiger partial charge in [-0.3, -0.25) is 0 Å². The molecule has 2 nitrogen and oxygen atoms in total. The van der Waals surface area contributed by atoms with E-state index in [0.29, 0.717) is 0 Å². The quantitative estimate of drug-likeness (QED) is 0.159. The van der Waals surface area contributed by atoms with E-state index in [1.165, 1.54) is 154 Å². The first-order valence-corrected chi connectivity index (χ1v) is 28.5. The van der Waals surface area contributed by atoms with Crippen LogP contribution in [-0.4, -0.2) is 6.71 Å². The maximum atomic E-state index is 2.76. The Kier molecular flexibility index (Phi) is 10.0. The smallest absolute Gasteiger partial charge is 0.252 e. The molecular weight excluding hydrogens is 888 g/mol. The molecule has 1 aromatic heterocycles. The number of nitrogens with zero attached hydrogens (tertiary/aromatic N) is 2. The molecule has 0 bridgehead atoms. The minimum absolute atomic E-state index is 0.0489. The maximum absolute atomic E-state index is 2.76. The number of hydrogen-bond acceptors (Lipinski definition) is 3. The number of thiophene rings is 1. The Hall–Kier alpha value is -4.80. The standard InChI is InChI=1S/C68H81BN2S/c1-61(2,3)40-19-22-44-45-34-42(21-24-58(45)72-59(44)33-40)70-54-38-50-48(65(11,12)27-29-67(50,15)16)36-52(54)69-53-37-49-51(68(17,18)30-28-66(49,13)14)39-55(53)71(57-32-41(62(4,5)6)31-56(70)60(57)69)43-20-23-46-47(35-43)64(9,10)26-25-63(46,7)8/h19-24,31-39H,25-30H2,1-18H3. The third kappa shape index (κ3) is 7.05. The second kappa shape index (κ2) is 15.0. The Balaban J connectivity index is 1.22. The zero-order valence-corrected chi connectivity index (χ0v) is 48.1. The van der Waals surface area contributed by atoms with E-state index in [2.05, 4.69) is 225 Å². The fraction of sp³-hybridized carbons (Fsp3) is 0.471. The number of fused-ring (bicyclic) bond motifs is 10. The molecule has 0 spiro atoms. The van der Waals surface area contributed by atoms with Crippen LogP contribution in [0.15, 0.2) is 91.0 Å². The van der Waals surface area contributed by atoms with Gasteiger partial charge in [0.25, 0.3) is 6.71 Å². The molecule has 3 aliphatic carbocycles. The summed E-state index contributed by atoms with van der Waals surface area (Å²) >= 11 is 1.94. The summed E-state index contributed by atoms with van der Waals surface area (Å²) in [5.74, 6) is 0. The largest absolute Gasteiger partial charge is 0.311 e. The van der Waals surface area contributed by atoms with Crippen molar-refractivity contribution < 1.29 is 0 Å². The van der Waals surface area contributed by atoms with E-state index in [0.717, 1.165) is 0 Å². The lowest BCUT2D eigenvalue weighted by Crippen LogP contribution is -2.62. The van der Waals surface area contributed by atoms with Gasteiger partial charge in [-0.1, -0.05) is 155 Å². The Morgan fingerprint density at radius 1 is 0.375 bits per heavy atom. The summed E-state index contributed by atoms with van der Waals surface area (Å²) in [5.41, 5.74) is 24.5. The molecule has 72 heavy (non-hydrogen) atoms. The molecule has 0 saturated heterocycles. The van der Waals surface area contributed by atoms with Crippen molar-refractivity contribution in [3.63, 3.8) is 0 Å². The highest BCUT2D eigenvalue weighted by molar-refractivity contribution is 7.25. The van der Waals surface area contributed by atoms with Crippen LogP contribution in [0.1, 0.15) is 208 Å². The van der Waals surface area contributed by atoms with Gasteiger partial charge in [-0.25, -0.2) is 0 Å². The van der Waals surface area contributed by atoms with Gasteiger partial charge in [0.1, 0.15) is 0 Å². The van der Waals surface area contributed by atoms with Gasteiger partial charge in [-0.2, -0.15) is 0 Å². The molecule has 4 heteroatoms. The van der Waals surface area contributed by atoms with E-state index >= 15 is 0 Å². The molecule has 0 unspecified atom stereocenters. The molecule has 0 atom stereocenters. The predicted molar refractivity (Wildman–Crippen MR) is 317 cm³/mol. The molecule has 0 N–H and O–H groups in total. The zero-order chi connectivity index (χ0) is 51.4. The van der Waals surface area contributed by atoms with Crippen LogP contribution in [0.25, 0.3) is 20.2 Å². The molecule has 0 fully saturated rings. The number of anilines is 6. The molecule has 372 valence electrons. The Morgan fingerprint density at radius 2 is 0.792 bits per heavy atom. The average molecular weight is 969 g/mol. The normalized spacial score (nSPS) is 20.6. The van der Waals surface area contributed by atoms with E-state index in [9.17, 15) is 0 Å². The number of rotatable bonds is 2. The van der Waals surface area contributed by atoms with E-state index < -0.39 is 0 Å². The molecule has 3 heterocycles. The lowest BCUT2D eigenvalue weighted by Gasteiger charge is -2.49. The molecule has 0 radical (unpaired) electrons. The molecule has 0 saturated carbocycles. The van der Waals surface area contributed by atoms with Gasteiger partial charge in [-0.15, -0.1) is 11.3 Å². The molecule has 7 aromatic rings. The van der Waals surface area contributed by atoms with E-state index in [1.807, 2.05) is 11.3 Å². The summed E-state index contributed by atoms with van der Waals surface area (Å²) in [5, 5.41) is 2.70. The molecule has 0 amide bonds. The topological polar surface area (TPSA) is 6.48 Å². The van der Waals surface area contributed by atoms with Crippen molar-refractivity contribution in [3.05, 3.63) is 136 Å². The Bertz CT molecular complexity index is 3460. The predicted octanol–water partition coefficient (Wildman–Crippen LogP) is 17.8. The van der Waals surface area contributed by atoms with E-state index in [1.54, 1.807) is 0 Å². The summed E-state index contributed by atoms with van der Waals surface area (Å²) in [6.45, 7) is 44.3. The second-order valence-corrected chi connectivity index (χ2v) is 30.6. The fourth-order valence-electron chi connectivity index (χ4n) is 14.2. The van der Waals surface area contributed by atoms with Gasteiger partial charge in [0, 0.05) is 54.3 Å². The highest BCUT2D eigenvalue weighted by Crippen LogP contribution is 2.55. The SMILES string of the molecule is CC(C)(C)c1cc2c3c(c1)N(c1ccc4sc5cc(C(C)(C)C)ccc5c4c1)c1cc4c(cc1B3c1cc3c(cc1N2c1ccc2c(c1)C(C)(C)CCC2(C)C)C(C)(C)CCC3(C)C)C(C)(C)CCC4(C)C. The third-order valence-corrected chi connectivity index (χ3v) is 20.7. The van der Waals surface area contributed by atoms with Gasteiger partial charge in [0.2, 0.25) is 0 Å². The van der Waals surface area contributed by atoms with E-state index in [4.69, 9.17) is 0 Å². The molecular formula is C68H81BN2S. The van der Waals surface area contributed by atoms with Crippen molar-refractivity contribution in [1.82, 2.24) is 0 Å². The highest BCUT2D eigenvalue weighted by Gasteiger charge is 2.49. The minimum atomic E-state index is -0.108.